The predicted molar refractivity (Wildman–Crippen MR) is 64.3 cm³/mol. The third kappa shape index (κ3) is 2.01. The number of hydrogen-bond donors (Lipinski definition) is 1. The second-order valence-electron chi connectivity index (χ2n) is 3.84. The maximum atomic E-state index is 13.1. The summed E-state index contributed by atoms with van der Waals surface area (Å²) in [7, 11) is 0. The second kappa shape index (κ2) is 4.36. The van der Waals surface area contributed by atoms with Crippen molar-refractivity contribution in [3.8, 4) is 0 Å². The molecule has 1 atom stereocenters. The zero-order chi connectivity index (χ0) is 11.7. The van der Waals surface area contributed by atoms with Gasteiger partial charge < -0.3 is 5.11 Å². The topological polar surface area (TPSA) is 20.2 Å². The van der Waals surface area contributed by atoms with Crippen LogP contribution in [0.5, 0.6) is 0 Å². The number of rotatable bonds is 2. The molecule has 1 N–H and O–H groups in total. The number of aryl methyl sites for hydroxylation is 2. The van der Waals surface area contributed by atoms with Crippen molar-refractivity contribution in [3.05, 3.63) is 57.0 Å². The predicted octanol–water partition coefficient (Wildman–Crippen LogP) is 3.59. The first-order valence-corrected chi connectivity index (χ1v) is 5.95. The Morgan fingerprint density at radius 1 is 1.19 bits per heavy atom. The van der Waals surface area contributed by atoms with Crippen molar-refractivity contribution in [2.24, 2.45) is 0 Å². The van der Waals surface area contributed by atoms with Crippen LogP contribution >= 0.6 is 11.3 Å². The molecule has 0 aliphatic heterocycles. The first kappa shape index (κ1) is 11.3. The molecule has 0 fully saturated rings. The molecule has 0 bridgehead atoms. The van der Waals surface area contributed by atoms with Gasteiger partial charge in [-0.2, -0.15) is 0 Å². The van der Waals surface area contributed by atoms with Gasteiger partial charge in [0, 0.05) is 4.88 Å². The van der Waals surface area contributed by atoms with Gasteiger partial charge >= 0.3 is 0 Å². The molecule has 0 aliphatic carbocycles. The highest BCUT2D eigenvalue weighted by Gasteiger charge is 2.16. The van der Waals surface area contributed by atoms with E-state index in [0.717, 1.165) is 16.0 Å². The Bertz CT molecular complexity index is 504. The summed E-state index contributed by atoms with van der Waals surface area (Å²) >= 11 is 1.58. The number of benzene rings is 1. The standard InChI is InChI=1S/C13H13FOS/c1-8-3-4-10(14)7-12(8)13(15)11-5-6-16-9(11)2/h3-7,13,15H,1-2H3. The Hall–Kier alpha value is -1.19. The second-order valence-corrected chi connectivity index (χ2v) is 4.96. The largest absolute Gasteiger partial charge is 0.384 e. The van der Waals surface area contributed by atoms with Crippen molar-refractivity contribution in [1.29, 1.82) is 0 Å². The molecule has 0 spiro atoms. The Morgan fingerprint density at radius 3 is 2.56 bits per heavy atom. The lowest BCUT2D eigenvalue weighted by Crippen LogP contribution is -2.02. The maximum absolute atomic E-state index is 13.1. The molecular formula is C13H13FOS. The zero-order valence-corrected chi connectivity index (χ0v) is 10.0. The normalized spacial score (nSPS) is 12.8. The van der Waals surface area contributed by atoms with Crippen molar-refractivity contribution in [1.82, 2.24) is 0 Å². The molecule has 0 amide bonds. The summed E-state index contributed by atoms with van der Waals surface area (Å²) in [6, 6.07) is 6.38. The van der Waals surface area contributed by atoms with Crippen LogP contribution in [-0.4, -0.2) is 5.11 Å². The fourth-order valence-corrected chi connectivity index (χ4v) is 2.49. The summed E-state index contributed by atoms with van der Waals surface area (Å²) in [5.74, 6) is -0.312. The summed E-state index contributed by atoms with van der Waals surface area (Å²) in [5.41, 5.74) is 2.40. The van der Waals surface area contributed by atoms with E-state index in [1.54, 1.807) is 17.4 Å². The van der Waals surface area contributed by atoms with Gasteiger partial charge in [-0.3, -0.25) is 0 Å². The lowest BCUT2D eigenvalue weighted by molar-refractivity contribution is 0.219. The van der Waals surface area contributed by atoms with Gasteiger partial charge in [0.2, 0.25) is 0 Å². The Kier molecular flexibility index (Phi) is 3.08. The minimum absolute atomic E-state index is 0.312. The van der Waals surface area contributed by atoms with Crippen LogP contribution in [0.2, 0.25) is 0 Å². The van der Waals surface area contributed by atoms with Crippen LogP contribution in [0.15, 0.2) is 29.6 Å². The van der Waals surface area contributed by atoms with E-state index in [2.05, 4.69) is 0 Å². The van der Waals surface area contributed by atoms with E-state index in [-0.39, 0.29) is 5.82 Å². The van der Waals surface area contributed by atoms with E-state index in [1.807, 2.05) is 25.3 Å². The average molecular weight is 236 g/mol. The smallest absolute Gasteiger partial charge is 0.123 e. The van der Waals surface area contributed by atoms with E-state index in [4.69, 9.17) is 0 Å². The van der Waals surface area contributed by atoms with Crippen LogP contribution in [0.4, 0.5) is 4.39 Å². The minimum atomic E-state index is -0.734. The summed E-state index contributed by atoms with van der Waals surface area (Å²) < 4.78 is 13.1. The molecule has 2 aromatic rings. The quantitative estimate of drug-likeness (QED) is 0.845. The molecule has 1 aromatic carbocycles. The molecule has 0 radical (unpaired) electrons. The van der Waals surface area contributed by atoms with Crippen molar-refractivity contribution < 1.29 is 9.50 Å². The lowest BCUT2D eigenvalue weighted by Gasteiger charge is -2.13. The van der Waals surface area contributed by atoms with Gasteiger partial charge in [0.05, 0.1) is 0 Å². The van der Waals surface area contributed by atoms with Gasteiger partial charge in [-0.25, -0.2) is 4.39 Å². The number of thiophene rings is 1. The first-order chi connectivity index (χ1) is 7.59. The fraction of sp³-hybridized carbons (Fsp3) is 0.231. The van der Waals surface area contributed by atoms with Crippen molar-refractivity contribution in [3.63, 3.8) is 0 Å². The first-order valence-electron chi connectivity index (χ1n) is 5.07. The molecule has 0 saturated carbocycles. The molecular weight excluding hydrogens is 223 g/mol. The Balaban J connectivity index is 2.45. The van der Waals surface area contributed by atoms with Gasteiger partial charge in [-0.05, 0) is 54.1 Å². The SMILES string of the molecule is Cc1ccc(F)cc1C(O)c1ccsc1C. The van der Waals surface area contributed by atoms with E-state index >= 15 is 0 Å². The number of halogens is 1. The van der Waals surface area contributed by atoms with Crippen LogP contribution in [0.1, 0.15) is 27.7 Å². The average Bonchev–Trinajstić information content (AvgIpc) is 2.67. The monoisotopic (exact) mass is 236 g/mol. The van der Waals surface area contributed by atoms with Gasteiger partial charge in [0.25, 0.3) is 0 Å². The fourth-order valence-electron chi connectivity index (χ4n) is 1.75. The van der Waals surface area contributed by atoms with Gasteiger partial charge in [-0.1, -0.05) is 6.07 Å². The van der Waals surface area contributed by atoms with E-state index in [9.17, 15) is 9.50 Å². The van der Waals surface area contributed by atoms with Crippen LogP contribution in [-0.2, 0) is 0 Å². The highest BCUT2D eigenvalue weighted by atomic mass is 32.1. The number of hydrogen-bond acceptors (Lipinski definition) is 2. The van der Waals surface area contributed by atoms with Crippen molar-refractivity contribution >= 4 is 11.3 Å². The molecule has 0 saturated heterocycles. The molecule has 1 nitrogen and oxygen atoms in total. The van der Waals surface area contributed by atoms with Crippen LogP contribution < -0.4 is 0 Å². The Morgan fingerprint density at radius 2 is 1.94 bits per heavy atom. The molecule has 1 heterocycles. The van der Waals surface area contributed by atoms with Crippen LogP contribution in [0.3, 0.4) is 0 Å². The molecule has 2 rings (SSSR count). The molecule has 1 unspecified atom stereocenters. The minimum Gasteiger partial charge on any atom is -0.384 e. The van der Waals surface area contributed by atoms with Gasteiger partial charge in [0.1, 0.15) is 11.9 Å². The lowest BCUT2D eigenvalue weighted by atomic mass is 9.98. The summed E-state index contributed by atoms with van der Waals surface area (Å²) in [5, 5.41) is 12.1. The van der Waals surface area contributed by atoms with Crippen LogP contribution in [0, 0.1) is 19.7 Å². The molecule has 16 heavy (non-hydrogen) atoms. The van der Waals surface area contributed by atoms with Crippen molar-refractivity contribution in [2.45, 2.75) is 20.0 Å². The third-order valence-corrected chi connectivity index (χ3v) is 3.59. The van der Waals surface area contributed by atoms with Gasteiger partial charge in [-0.15, -0.1) is 11.3 Å². The van der Waals surface area contributed by atoms with Crippen LogP contribution in [0.25, 0.3) is 0 Å². The zero-order valence-electron chi connectivity index (χ0n) is 9.20. The van der Waals surface area contributed by atoms with E-state index in [0.29, 0.717) is 5.56 Å². The molecule has 0 aliphatic rings. The molecule has 1 aromatic heterocycles. The van der Waals surface area contributed by atoms with E-state index < -0.39 is 6.10 Å². The number of aliphatic hydroxyl groups excluding tert-OH is 1. The van der Waals surface area contributed by atoms with Gasteiger partial charge in [0.15, 0.2) is 0 Å². The molecule has 3 heteroatoms. The summed E-state index contributed by atoms with van der Waals surface area (Å²) in [6.45, 7) is 3.83. The van der Waals surface area contributed by atoms with Crippen molar-refractivity contribution in [2.75, 3.05) is 0 Å². The third-order valence-electron chi connectivity index (χ3n) is 2.73. The maximum Gasteiger partial charge on any atom is 0.123 e. The highest BCUT2D eigenvalue weighted by molar-refractivity contribution is 7.10. The number of aliphatic hydroxyl groups is 1. The van der Waals surface area contributed by atoms with E-state index in [1.165, 1.54) is 12.1 Å². The summed E-state index contributed by atoms with van der Waals surface area (Å²) in [6.07, 6.45) is -0.734. The Labute approximate surface area is 98.2 Å². The molecule has 84 valence electrons. The highest BCUT2D eigenvalue weighted by Crippen LogP contribution is 2.30. The summed E-state index contributed by atoms with van der Waals surface area (Å²) in [4.78, 5) is 1.07.